The van der Waals surface area contributed by atoms with Gasteiger partial charge in [0.15, 0.2) is 0 Å². The fraction of sp³-hybridized carbons (Fsp3) is 0.826. The van der Waals surface area contributed by atoms with Crippen molar-refractivity contribution in [2.75, 3.05) is 13.2 Å². The van der Waals surface area contributed by atoms with Gasteiger partial charge in [-0.05, 0) is 30.6 Å². The van der Waals surface area contributed by atoms with Gasteiger partial charge < -0.3 is 9.47 Å². The Labute approximate surface area is 167 Å². The maximum Gasteiger partial charge on any atom is 0.345 e. The van der Waals surface area contributed by atoms with Crippen LogP contribution in [-0.2, 0) is 19.1 Å². The molecule has 27 heavy (non-hydrogen) atoms. The second-order valence-electron chi connectivity index (χ2n) is 7.85. The van der Waals surface area contributed by atoms with Crippen molar-refractivity contribution in [3.05, 3.63) is 11.6 Å². The summed E-state index contributed by atoms with van der Waals surface area (Å²) in [5.74, 6) is -0.327. The van der Waals surface area contributed by atoms with Crippen LogP contribution in [0, 0.1) is 17.8 Å². The van der Waals surface area contributed by atoms with Crippen LogP contribution in [0.1, 0.15) is 92.9 Å². The average molecular weight is 383 g/mol. The molecule has 158 valence electrons. The van der Waals surface area contributed by atoms with E-state index in [9.17, 15) is 9.59 Å². The first-order chi connectivity index (χ1) is 12.9. The van der Waals surface area contributed by atoms with Crippen molar-refractivity contribution >= 4 is 11.9 Å². The zero-order chi connectivity index (χ0) is 20.7. The molecule has 2 atom stereocenters. The number of hydrogen-bond donors (Lipinski definition) is 0. The van der Waals surface area contributed by atoms with Crippen LogP contribution in [0.3, 0.4) is 0 Å². The summed E-state index contributed by atoms with van der Waals surface area (Å²) in [7, 11) is 0. The summed E-state index contributed by atoms with van der Waals surface area (Å²) in [6.07, 6.45) is 10.2. The zero-order valence-corrected chi connectivity index (χ0v) is 18.5. The summed E-state index contributed by atoms with van der Waals surface area (Å²) in [4.78, 5) is 25.0. The molecule has 0 saturated carbocycles. The first kappa shape index (κ1) is 25.7. The van der Waals surface area contributed by atoms with Gasteiger partial charge in [0.25, 0.3) is 0 Å². The number of hydrogen-bond acceptors (Lipinski definition) is 4. The van der Waals surface area contributed by atoms with Crippen molar-refractivity contribution in [2.24, 2.45) is 17.8 Å². The first-order valence-corrected chi connectivity index (χ1v) is 10.9. The molecule has 0 unspecified atom stereocenters. The number of allylic oxidation sites excluding steroid dienone is 1. The van der Waals surface area contributed by atoms with E-state index in [-0.39, 0.29) is 11.5 Å². The van der Waals surface area contributed by atoms with Crippen LogP contribution in [-0.4, -0.2) is 25.2 Å². The van der Waals surface area contributed by atoms with Gasteiger partial charge in [-0.3, -0.25) is 0 Å². The molecule has 0 radical (unpaired) electrons. The van der Waals surface area contributed by atoms with Gasteiger partial charge in [0.2, 0.25) is 0 Å². The molecule has 0 aliphatic heterocycles. The van der Waals surface area contributed by atoms with Gasteiger partial charge in [-0.25, -0.2) is 9.59 Å². The predicted molar refractivity (Wildman–Crippen MR) is 111 cm³/mol. The van der Waals surface area contributed by atoms with Gasteiger partial charge in [0.1, 0.15) is 5.57 Å². The maximum atomic E-state index is 12.5. The molecular formula is C23H42O4. The minimum absolute atomic E-state index is 0.0423. The molecule has 0 aromatic heterocycles. The summed E-state index contributed by atoms with van der Waals surface area (Å²) in [5.41, 5.74) is 0.0423. The van der Waals surface area contributed by atoms with Gasteiger partial charge >= 0.3 is 11.9 Å². The highest BCUT2D eigenvalue weighted by Crippen LogP contribution is 2.17. The lowest BCUT2D eigenvalue weighted by molar-refractivity contribution is -0.148. The first-order valence-electron chi connectivity index (χ1n) is 10.9. The maximum absolute atomic E-state index is 12.5. The van der Waals surface area contributed by atoms with Crippen molar-refractivity contribution in [1.82, 2.24) is 0 Å². The Hall–Kier alpha value is -1.32. The van der Waals surface area contributed by atoms with E-state index in [0.29, 0.717) is 25.0 Å². The van der Waals surface area contributed by atoms with E-state index in [0.717, 1.165) is 51.4 Å². The largest absolute Gasteiger partial charge is 0.462 e. The molecule has 4 nitrogen and oxygen atoms in total. The van der Waals surface area contributed by atoms with Crippen molar-refractivity contribution in [1.29, 1.82) is 0 Å². The SMILES string of the molecule is CCCC[C@H](CC)COC(=O)C(=CC(C)C)C(=O)OC[C@@H](CC)CCCC. The third-order valence-electron chi connectivity index (χ3n) is 4.93. The smallest absolute Gasteiger partial charge is 0.345 e. The number of carbonyl (C=O) groups excluding carboxylic acids is 2. The van der Waals surface area contributed by atoms with Gasteiger partial charge in [-0.1, -0.05) is 86.1 Å². The molecule has 0 saturated heterocycles. The van der Waals surface area contributed by atoms with Gasteiger partial charge in [-0.2, -0.15) is 0 Å². The van der Waals surface area contributed by atoms with Crippen LogP contribution >= 0.6 is 0 Å². The molecule has 0 fully saturated rings. The Morgan fingerprint density at radius 3 is 1.48 bits per heavy atom. The Morgan fingerprint density at radius 1 is 0.778 bits per heavy atom. The van der Waals surface area contributed by atoms with Crippen LogP contribution in [0.15, 0.2) is 11.6 Å². The van der Waals surface area contributed by atoms with Crippen molar-refractivity contribution < 1.29 is 19.1 Å². The second kappa shape index (κ2) is 15.7. The minimum Gasteiger partial charge on any atom is -0.462 e. The summed E-state index contributed by atoms with van der Waals surface area (Å²) in [6.45, 7) is 13.1. The lowest BCUT2D eigenvalue weighted by Gasteiger charge is -2.17. The highest BCUT2D eigenvalue weighted by atomic mass is 16.6. The van der Waals surface area contributed by atoms with Crippen LogP contribution in [0.25, 0.3) is 0 Å². The van der Waals surface area contributed by atoms with Crippen molar-refractivity contribution in [2.45, 2.75) is 92.9 Å². The Bertz CT molecular complexity index is 406. The molecule has 0 aliphatic carbocycles. The fourth-order valence-corrected chi connectivity index (χ4v) is 2.89. The highest BCUT2D eigenvalue weighted by molar-refractivity contribution is 6.14. The highest BCUT2D eigenvalue weighted by Gasteiger charge is 2.23. The molecule has 0 bridgehead atoms. The lowest BCUT2D eigenvalue weighted by Crippen LogP contribution is -2.23. The predicted octanol–water partition coefficient (Wildman–Crippen LogP) is 6.09. The Morgan fingerprint density at radius 2 is 1.19 bits per heavy atom. The van der Waals surface area contributed by atoms with Crippen molar-refractivity contribution in [3.8, 4) is 0 Å². The third-order valence-corrected chi connectivity index (χ3v) is 4.93. The molecule has 0 spiro atoms. The molecule has 0 amide bonds. The van der Waals surface area contributed by atoms with E-state index in [4.69, 9.17) is 9.47 Å². The van der Waals surface area contributed by atoms with Crippen LogP contribution < -0.4 is 0 Å². The van der Waals surface area contributed by atoms with Crippen LogP contribution in [0.5, 0.6) is 0 Å². The molecule has 0 aromatic rings. The van der Waals surface area contributed by atoms with Gasteiger partial charge in [0.05, 0.1) is 13.2 Å². The molecule has 0 aliphatic rings. The van der Waals surface area contributed by atoms with E-state index in [1.54, 1.807) is 6.08 Å². The molecule has 0 N–H and O–H groups in total. The molecular weight excluding hydrogens is 340 g/mol. The van der Waals surface area contributed by atoms with Crippen LogP contribution in [0.4, 0.5) is 0 Å². The van der Waals surface area contributed by atoms with E-state index in [1.165, 1.54) is 0 Å². The number of unbranched alkanes of at least 4 members (excludes halogenated alkanes) is 2. The number of ether oxygens (including phenoxy) is 2. The Kier molecular flexibility index (Phi) is 14.9. The standard InChI is InChI=1S/C23H42O4/c1-7-11-13-19(9-3)16-26-22(24)21(15-18(5)6)23(25)27-17-20(10-4)14-12-8-2/h15,18-20H,7-14,16-17H2,1-6H3/t19-,20-/m0/s1. The average Bonchev–Trinajstić information content (AvgIpc) is 2.65. The third kappa shape index (κ3) is 11.9. The number of rotatable bonds is 15. The number of esters is 2. The summed E-state index contributed by atoms with van der Waals surface area (Å²) in [5, 5.41) is 0. The summed E-state index contributed by atoms with van der Waals surface area (Å²) >= 11 is 0. The normalized spacial score (nSPS) is 13.1. The summed E-state index contributed by atoms with van der Waals surface area (Å²) in [6, 6.07) is 0. The lowest BCUT2D eigenvalue weighted by atomic mass is 10.0. The number of carbonyl (C=O) groups is 2. The van der Waals surface area contributed by atoms with Gasteiger partial charge in [-0.15, -0.1) is 0 Å². The molecule has 0 heterocycles. The van der Waals surface area contributed by atoms with E-state index in [1.807, 2.05) is 13.8 Å². The Balaban J connectivity index is 4.80. The molecule has 0 aromatic carbocycles. The molecule has 0 rings (SSSR count). The zero-order valence-electron chi connectivity index (χ0n) is 18.5. The fourth-order valence-electron chi connectivity index (χ4n) is 2.89. The monoisotopic (exact) mass is 382 g/mol. The quantitative estimate of drug-likeness (QED) is 0.149. The minimum atomic E-state index is -0.551. The van der Waals surface area contributed by atoms with Gasteiger partial charge in [0, 0.05) is 0 Å². The second-order valence-corrected chi connectivity index (χ2v) is 7.85. The van der Waals surface area contributed by atoms with E-state index < -0.39 is 11.9 Å². The van der Waals surface area contributed by atoms with Crippen molar-refractivity contribution in [3.63, 3.8) is 0 Å². The summed E-state index contributed by atoms with van der Waals surface area (Å²) < 4.78 is 10.9. The molecule has 4 heteroatoms. The topological polar surface area (TPSA) is 52.6 Å². The van der Waals surface area contributed by atoms with Crippen LogP contribution in [0.2, 0.25) is 0 Å². The van der Waals surface area contributed by atoms with E-state index >= 15 is 0 Å². The van der Waals surface area contributed by atoms with E-state index in [2.05, 4.69) is 27.7 Å².